The molecule has 1 saturated carbocycles. The molecule has 2 nitrogen and oxygen atoms in total. The topological polar surface area (TPSA) is 18.5 Å². The van der Waals surface area contributed by atoms with Crippen LogP contribution >= 0.6 is 0 Å². The van der Waals surface area contributed by atoms with Gasteiger partial charge >= 0.3 is 0 Å². The predicted octanol–water partition coefficient (Wildman–Crippen LogP) is 4.01. The minimum Gasteiger partial charge on any atom is -0.497 e. The molecule has 3 atom stereocenters. The molecule has 0 heterocycles. The van der Waals surface area contributed by atoms with Gasteiger partial charge in [0.15, 0.2) is 0 Å². The summed E-state index contributed by atoms with van der Waals surface area (Å²) in [6.45, 7) is 0. The highest BCUT2D eigenvalue weighted by atomic mass is 16.5. The molecule has 3 unspecified atom stereocenters. The first-order valence-corrected chi connectivity index (χ1v) is 7.88. The molecule has 1 aromatic carbocycles. The summed E-state index contributed by atoms with van der Waals surface area (Å²) in [6.07, 6.45) is 11.9. The van der Waals surface area contributed by atoms with Crippen LogP contribution in [-0.4, -0.2) is 14.2 Å². The van der Waals surface area contributed by atoms with Crippen molar-refractivity contribution in [1.29, 1.82) is 0 Å². The van der Waals surface area contributed by atoms with Crippen LogP contribution in [0, 0.1) is 11.8 Å². The van der Waals surface area contributed by atoms with Crippen molar-refractivity contribution in [2.24, 2.45) is 11.8 Å². The minimum atomic E-state index is 0.295. The maximum atomic E-state index is 5.48. The summed E-state index contributed by atoms with van der Waals surface area (Å²) in [4.78, 5) is 0. The van der Waals surface area contributed by atoms with E-state index in [9.17, 15) is 0 Å². The van der Waals surface area contributed by atoms with Gasteiger partial charge in [0.05, 0.1) is 14.2 Å². The Kier molecular flexibility index (Phi) is 2.88. The molecule has 0 bridgehead atoms. The minimum absolute atomic E-state index is 0.295. The zero-order valence-electron chi connectivity index (χ0n) is 12.8. The Morgan fingerprint density at radius 2 is 2.05 bits per heavy atom. The molecule has 110 valence electrons. The van der Waals surface area contributed by atoms with Crippen LogP contribution < -0.4 is 4.74 Å². The smallest absolute Gasteiger partial charge is 0.119 e. The van der Waals surface area contributed by atoms with Gasteiger partial charge in [0.25, 0.3) is 0 Å². The number of rotatable bonds is 2. The van der Waals surface area contributed by atoms with Gasteiger partial charge in [0.1, 0.15) is 11.5 Å². The van der Waals surface area contributed by atoms with E-state index in [1.54, 1.807) is 14.2 Å². The third kappa shape index (κ3) is 1.78. The summed E-state index contributed by atoms with van der Waals surface area (Å²) < 4.78 is 11.0. The van der Waals surface area contributed by atoms with Crippen molar-refractivity contribution in [1.82, 2.24) is 0 Å². The van der Waals surface area contributed by atoms with Crippen molar-refractivity contribution < 1.29 is 9.47 Å². The van der Waals surface area contributed by atoms with Crippen LogP contribution in [0.5, 0.6) is 5.75 Å². The van der Waals surface area contributed by atoms with Gasteiger partial charge in [-0.05, 0) is 72.9 Å². The van der Waals surface area contributed by atoms with E-state index in [0.717, 1.165) is 11.5 Å². The Morgan fingerprint density at radius 1 is 1.14 bits per heavy atom. The monoisotopic (exact) mass is 282 g/mol. The Morgan fingerprint density at radius 3 is 2.86 bits per heavy atom. The highest BCUT2D eigenvalue weighted by molar-refractivity contribution is 5.48. The molecule has 2 heteroatoms. The second kappa shape index (κ2) is 4.66. The van der Waals surface area contributed by atoms with Crippen molar-refractivity contribution in [3.63, 3.8) is 0 Å². The molecule has 0 aromatic heterocycles. The fourth-order valence-corrected chi connectivity index (χ4v) is 4.73. The van der Waals surface area contributed by atoms with Crippen molar-refractivity contribution in [3.05, 3.63) is 53.3 Å². The number of benzene rings is 1. The highest BCUT2D eigenvalue weighted by Crippen LogP contribution is 2.58. The lowest BCUT2D eigenvalue weighted by molar-refractivity contribution is 0.278. The van der Waals surface area contributed by atoms with Gasteiger partial charge in [0.2, 0.25) is 0 Å². The molecule has 1 spiro atoms. The fraction of sp³-hybridized carbons (Fsp3) is 0.474. The predicted molar refractivity (Wildman–Crippen MR) is 83.4 cm³/mol. The van der Waals surface area contributed by atoms with E-state index in [1.807, 2.05) is 0 Å². The first kappa shape index (κ1) is 13.0. The SMILES string of the molecule is COC1=CC2C(C=C1)CCC21CCc2ccc(OC)cc21. The number of hydrogen-bond acceptors (Lipinski definition) is 2. The maximum Gasteiger partial charge on any atom is 0.119 e. The van der Waals surface area contributed by atoms with Crippen molar-refractivity contribution in [2.45, 2.75) is 31.1 Å². The van der Waals surface area contributed by atoms with Crippen LogP contribution in [0.15, 0.2) is 42.2 Å². The van der Waals surface area contributed by atoms with E-state index >= 15 is 0 Å². The molecule has 1 fully saturated rings. The number of hydrogen-bond donors (Lipinski definition) is 0. The van der Waals surface area contributed by atoms with E-state index in [4.69, 9.17) is 9.47 Å². The van der Waals surface area contributed by atoms with Crippen LogP contribution in [0.1, 0.15) is 30.4 Å². The molecule has 0 N–H and O–H groups in total. The molecule has 0 aliphatic heterocycles. The lowest BCUT2D eigenvalue weighted by atomic mass is 9.70. The quantitative estimate of drug-likeness (QED) is 0.816. The second-order valence-corrected chi connectivity index (χ2v) is 6.54. The van der Waals surface area contributed by atoms with Crippen molar-refractivity contribution in [2.75, 3.05) is 14.2 Å². The summed E-state index contributed by atoms with van der Waals surface area (Å²) in [5.41, 5.74) is 3.33. The molecule has 0 amide bonds. The lowest BCUT2D eigenvalue weighted by Crippen LogP contribution is -2.30. The van der Waals surface area contributed by atoms with Crippen LogP contribution in [0.3, 0.4) is 0 Å². The number of aryl methyl sites for hydroxylation is 1. The molecule has 4 rings (SSSR count). The Bertz CT molecular complexity index is 628. The summed E-state index contributed by atoms with van der Waals surface area (Å²) in [5, 5.41) is 0. The largest absolute Gasteiger partial charge is 0.497 e. The first-order valence-electron chi connectivity index (χ1n) is 7.88. The second-order valence-electron chi connectivity index (χ2n) is 6.54. The van der Waals surface area contributed by atoms with Gasteiger partial charge < -0.3 is 9.47 Å². The van der Waals surface area contributed by atoms with Crippen LogP contribution in [0.25, 0.3) is 0 Å². The normalized spacial score (nSPS) is 32.8. The fourth-order valence-electron chi connectivity index (χ4n) is 4.73. The van der Waals surface area contributed by atoms with Crippen molar-refractivity contribution in [3.8, 4) is 5.75 Å². The Balaban J connectivity index is 1.80. The third-order valence-electron chi connectivity index (χ3n) is 5.80. The molecule has 21 heavy (non-hydrogen) atoms. The van der Waals surface area contributed by atoms with Crippen LogP contribution in [0.2, 0.25) is 0 Å². The lowest BCUT2D eigenvalue weighted by Gasteiger charge is -2.34. The molecule has 3 aliphatic carbocycles. The molecular formula is C19H22O2. The Hall–Kier alpha value is -1.70. The van der Waals surface area contributed by atoms with E-state index < -0.39 is 0 Å². The number of methoxy groups -OCH3 is 2. The average molecular weight is 282 g/mol. The molecular weight excluding hydrogens is 260 g/mol. The summed E-state index contributed by atoms with van der Waals surface area (Å²) in [5.74, 6) is 3.25. The van der Waals surface area contributed by atoms with Gasteiger partial charge in [0, 0.05) is 5.41 Å². The first-order chi connectivity index (χ1) is 10.3. The van der Waals surface area contributed by atoms with E-state index in [0.29, 0.717) is 17.3 Å². The molecule has 0 radical (unpaired) electrons. The van der Waals surface area contributed by atoms with E-state index in [-0.39, 0.29) is 0 Å². The highest BCUT2D eigenvalue weighted by Gasteiger charge is 2.51. The third-order valence-corrected chi connectivity index (χ3v) is 5.80. The Labute approximate surface area is 126 Å². The van der Waals surface area contributed by atoms with Gasteiger partial charge in [-0.25, -0.2) is 0 Å². The number of ether oxygens (including phenoxy) is 2. The van der Waals surface area contributed by atoms with E-state index in [2.05, 4.69) is 36.4 Å². The van der Waals surface area contributed by atoms with Gasteiger partial charge in [-0.1, -0.05) is 12.1 Å². The molecule has 3 aliphatic rings. The average Bonchev–Trinajstić information content (AvgIpc) is 3.10. The summed E-state index contributed by atoms with van der Waals surface area (Å²) >= 11 is 0. The zero-order chi connectivity index (χ0) is 14.4. The standard InChI is InChI=1S/C19H22O2/c1-20-15-5-3-13-7-9-19(17(13)11-15)10-8-14-4-6-16(21-2)12-18(14)19/h3-6,11-13,17H,7-10H2,1-2H3. The van der Waals surface area contributed by atoms with Gasteiger partial charge in [-0.2, -0.15) is 0 Å². The zero-order valence-corrected chi connectivity index (χ0v) is 12.8. The molecule has 1 aromatic rings. The van der Waals surface area contributed by atoms with Gasteiger partial charge in [-0.3, -0.25) is 0 Å². The van der Waals surface area contributed by atoms with Crippen LogP contribution in [-0.2, 0) is 16.6 Å². The van der Waals surface area contributed by atoms with E-state index in [1.165, 1.54) is 36.8 Å². The van der Waals surface area contributed by atoms with Crippen LogP contribution in [0.4, 0.5) is 0 Å². The molecule has 0 saturated heterocycles. The summed E-state index contributed by atoms with van der Waals surface area (Å²) in [6, 6.07) is 6.64. The van der Waals surface area contributed by atoms with Gasteiger partial charge in [-0.15, -0.1) is 0 Å². The number of fused-ring (bicyclic) bond motifs is 4. The van der Waals surface area contributed by atoms with Crippen molar-refractivity contribution >= 4 is 0 Å². The number of allylic oxidation sites excluding steroid dienone is 3. The summed E-state index contributed by atoms with van der Waals surface area (Å²) in [7, 11) is 3.52. The maximum absolute atomic E-state index is 5.48.